The normalized spacial score (nSPS) is 11.5. The number of ether oxygens (including phenoxy) is 2. The van der Waals surface area contributed by atoms with Gasteiger partial charge in [0, 0.05) is 0 Å². The first kappa shape index (κ1) is 24.2. The molecule has 0 bridgehead atoms. The van der Waals surface area contributed by atoms with Gasteiger partial charge in [0.15, 0.2) is 5.41 Å². The van der Waals surface area contributed by atoms with E-state index in [9.17, 15) is 9.59 Å². The second-order valence-electron chi connectivity index (χ2n) is 8.02. The van der Waals surface area contributed by atoms with Crippen LogP contribution in [0, 0.1) is 11.3 Å². The summed E-state index contributed by atoms with van der Waals surface area (Å²) in [7, 11) is 0. The van der Waals surface area contributed by atoms with Gasteiger partial charge in [-0.2, -0.15) is 0 Å². The highest BCUT2D eigenvalue weighted by atomic mass is 16.6. The first-order valence-electron chi connectivity index (χ1n) is 10.9. The van der Waals surface area contributed by atoms with E-state index in [-0.39, 0.29) is 0 Å². The van der Waals surface area contributed by atoms with Crippen molar-refractivity contribution in [3.05, 3.63) is 30.3 Å². The van der Waals surface area contributed by atoms with Crippen molar-refractivity contribution < 1.29 is 19.1 Å². The van der Waals surface area contributed by atoms with Crippen LogP contribution >= 0.6 is 0 Å². The maximum atomic E-state index is 13.2. The molecule has 0 aromatic heterocycles. The Morgan fingerprint density at radius 3 is 1.96 bits per heavy atom. The molecule has 0 aliphatic carbocycles. The number of esters is 2. The van der Waals surface area contributed by atoms with Crippen LogP contribution in [-0.4, -0.2) is 18.5 Å². The van der Waals surface area contributed by atoms with Crippen molar-refractivity contribution in [2.45, 2.75) is 85.5 Å². The van der Waals surface area contributed by atoms with Crippen LogP contribution in [0.1, 0.15) is 85.5 Å². The minimum atomic E-state index is -1.21. The molecule has 0 spiro atoms. The van der Waals surface area contributed by atoms with E-state index in [1.54, 1.807) is 12.1 Å². The molecular formula is C24H38O4. The van der Waals surface area contributed by atoms with Crippen LogP contribution in [0.3, 0.4) is 0 Å². The molecule has 158 valence electrons. The molecule has 0 N–H and O–H groups in total. The zero-order valence-corrected chi connectivity index (χ0v) is 18.2. The third kappa shape index (κ3) is 8.04. The zero-order valence-electron chi connectivity index (χ0n) is 18.2. The van der Waals surface area contributed by atoms with Gasteiger partial charge < -0.3 is 9.47 Å². The SMILES string of the molecule is CCCCCC(CCCCC)(C(=O)OCCC(C)C)C(=O)Oc1ccccc1. The molecule has 0 saturated carbocycles. The van der Waals surface area contributed by atoms with Crippen LogP contribution < -0.4 is 4.74 Å². The number of carbonyl (C=O) groups is 2. The minimum absolute atomic E-state index is 0.346. The largest absolute Gasteiger partial charge is 0.465 e. The molecule has 0 atom stereocenters. The lowest BCUT2D eigenvalue weighted by atomic mass is 9.77. The van der Waals surface area contributed by atoms with E-state index < -0.39 is 17.4 Å². The van der Waals surface area contributed by atoms with Crippen molar-refractivity contribution in [2.75, 3.05) is 6.61 Å². The van der Waals surface area contributed by atoms with Crippen molar-refractivity contribution in [3.8, 4) is 5.75 Å². The van der Waals surface area contributed by atoms with Crippen LogP contribution in [0.4, 0.5) is 0 Å². The van der Waals surface area contributed by atoms with Gasteiger partial charge in [-0.25, -0.2) is 0 Å². The molecular weight excluding hydrogens is 352 g/mol. The average Bonchev–Trinajstić information content (AvgIpc) is 2.67. The summed E-state index contributed by atoms with van der Waals surface area (Å²) in [6.07, 6.45) is 7.40. The predicted octanol–water partition coefficient (Wildman–Crippen LogP) is 6.33. The molecule has 0 saturated heterocycles. The summed E-state index contributed by atoms with van der Waals surface area (Å²) in [5, 5.41) is 0. The molecule has 0 aliphatic rings. The molecule has 1 aromatic rings. The average molecular weight is 391 g/mol. The van der Waals surface area contributed by atoms with Gasteiger partial charge in [0.1, 0.15) is 5.75 Å². The first-order valence-corrected chi connectivity index (χ1v) is 10.9. The van der Waals surface area contributed by atoms with E-state index in [4.69, 9.17) is 9.47 Å². The smallest absolute Gasteiger partial charge is 0.328 e. The van der Waals surface area contributed by atoms with Gasteiger partial charge in [-0.05, 0) is 37.3 Å². The Morgan fingerprint density at radius 1 is 0.893 bits per heavy atom. The molecule has 0 unspecified atom stereocenters. The Bertz CT molecular complexity index is 555. The van der Waals surface area contributed by atoms with Gasteiger partial charge in [0.25, 0.3) is 0 Å². The van der Waals surface area contributed by atoms with Gasteiger partial charge >= 0.3 is 11.9 Å². The Labute approximate surface area is 171 Å². The summed E-state index contributed by atoms with van der Waals surface area (Å²) in [4.78, 5) is 26.4. The van der Waals surface area contributed by atoms with Gasteiger partial charge in [0.05, 0.1) is 6.61 Å². The standard InChI is InChI=1S/C24H38O4/c1-5-7-12-17-24(18-13-8-6-2,22(25)27-19-16-20(3)4)23(26)28-21-14-10-9-11-15-21/h9-11,14-15,20H,5-8,12-13,16-19H2,1-4H3. The molecule has 0 aliphatic heterocycles. The highest BCUT2D eigenvalue weighted by Gasteiger charge is 2.48. The quantitative estimate of drug-likeness (QED) is 0.161. The molecule has 0 heterocycles. The maximum Gasteiger partial charge on any atom is 0.328 e. The van der Waals surface area contributed by atoms with Gasteiger partial charge in [-0.1, -0.05) is 84.4 Å². The number of hydrogen-bond donors (Lipinski definition) is 0. The molecule has 1 rings (SSSR count). The number of benzene rings is 1. The number of para-hydroxylation sites is 1. The summed E-state index contributed by atoms with van der Waals surface area (Å²) >= 11 is 0. The summed E-state index contributed by atoms with van der Waals surface area (Å²) < 4.78 is 11.2. The fourth-order valence-electron chi connectivity index (χ4n) is 3.19. The Balaban J connectivity index is 3.04. The molecule has 1 aromatic carbocycles. The molecule has 4 nitrogen and oxygen atoms in total. The highest BCUT2D eigenvalue weighted by Crippen LogP contribution is 2.35. The van der Waals surface area contributed by atoms with Crippen molar-refractivity contribution >= 4 is 11.9 Å². The Hall–Kier alpha value is -1.84. The number of rotatable bonds is 14. The molecule has 0 fully saturated rings. The second-order valence-corrected chi connectivity index (χ2v) is 8.02. The van der Waals surface area contributed by atoms with E-state index in [2.05, 4.69) is 27.7 Å². The van der Waals surface area contributed by atoms with Crippen molar-refractivity contribution in [1.82, 2.24) is 0 Å². The predicted molar refractivity (Wildman–Crippen MR) is 113 cm³/mol. The maximum absolute atomic E-state index is 13.2. The fourth-order valence-corrected chi connectivity index (χ4v) is 3.19. The third-order valence-corrected chi connectivity index (χ3v) is 5.08. The highest BCUT2D eigenvalue weighted by molar-refractivity contribution is 6.00. The lowest BCUT2D eigenvalue weighted by Gasteiger charge is -2.29. The van der Waals surface area contributed by atoms with E-state index in [0.29, 0.717) is 31.1 Å². The van der Waals surface area contributed by atoms with Gasteiger partial charge in [0.2, 0.25) is 0 Å². The van der Waals surface area contributed by atoms with E-state index >= 15 is 0 Å². The monoisotopic (exact) mass is 390 g/mol. The lowest BCUT2D eigenvalue weighted by Crippen LogP contribution is -2.43. The van der Waals surface area contributed by atoms with Crippen LogP contribution in [0.2, 0.25) is 0 Å². The molecule has 0 amide bonds. The van der Waals surface area contributed by atoms with E-state index in [1.165, 1.54) is 0 Å². The van der Waals surface area contributed by atoms with Crippen molar-refractivity contribution in [2.24, 2.45) is 11.3 Å². The fraction of sp³-hybridized carbons (Fsp3) is 0.667. The summed E-state index contributed by atoms with van der Waals surface area (Å²) in [5.74, 6) is 0.0261. The lowest BCUT2D eigenvalue weighted by molar-refractivity contribution is -0.169. The van der Waals surface area contributed by atoms with Crippen LogP contribution in [-0.2, 0) is 14.3 Å². The molecule has 4 heteroatoms. The van der Waals surface area contributed by atoms with E-state index in [1.807, 2.05) is 18.2 Å². The number of carbonyl (C=O) groups excluding carboxylic acids is 2. The first-order chi connectivity index (χ1) is 13.5. The third-order valence-electron chi connectivity index (χ3n) is 5.08. The van der Waals surface area contributed by atoms with Crippen molar-refractivity contribution in [1.29, 1.82) is 0 Å². The number of hydrogen-bond acceptors (Lipinski definition) is 4. The van der Waals surface area contributed by atoms with Gasteiger partial charge in [-0.3, -0.25) is 9.59 Å². The molecule has 0 radical (unpaired) electrons. The van der Waals surface area contributed by atoms with E-state index in [0.717, 1.165) is 44.9 Å². The zero-order chi connectivity index (χ0) is 20.8. The summed E-state index contributed by atoms with van der Waals surface area (Å²) in [6, 6.07) is 8.99. The van der Waals surface area contributed by atoms with Crippen LogP contribution in [0.15, 0.2) is 30.3 Å². The van der Waals surface area contributed by atoms with Gasteiger partial charge in [-0.15, -0.1) is 0 Å². The van der Waals surface area contributed by atoms with Crippen LogP contribution in [0.25, 0.3) is 0 Å². The second kappa shape index (κ2) is 13.4. The van der Waals surface area contributed by atoms with Crippen LogP contribution in [0.5, 0.6) is 5.75 Å². The topological polar surface area (TPSA) is 52.6 Å². The molecule has 28 heavy (non-hydrogen) atoms. The summed E-state index contributed by atoms with van der Waals surface area (Å²) in [6.45, 7) is 8.75. The van der Waals surface area contributed by atoms with Crippen molar-refractivity contribution in [3.63, 3.8) is 0 Å². The Kier molecular flexibility index (Phi) is 11.5. The minimum Gasteiger partial charge on any atom is -0.465 e. The Morgan fingerprint density at radius 2 is 1.46 bits per heavy atom. The number of unbranched alkanes of at least 4 members (excludes halogenated alkanes) is 4. The summed E-state index contributed by atoms with van der Waals surface area (Å²) in [5.41, 5.74) is -1.21.